The van der Waals surface area contributed by atoms with E-state index in [1.807, 2.05) is 12.1 Å². The zero-order valence-corrected chi connectivity index (χ0v) is 14.2. The van der Waals surface area contributed by atoms with Gasteiger partial charge < -0.3 is 15.2 Å². The number of hydrogen-bond acceptors (Lipinski definition) is 3. The van der Waals surface area contributed by atoms with Gasteiger partial charge in [-0.1, -0.05) is 12.1 Å². The number of nitrogens with one attached hydrogen (secondary N) is 2. The van der Waals surface area contributed by atoms with Crippen molar-refractivity contribution in [3.8, 4) is 0 Å². The molecule has 0 unspecified atom stereocenters. The molecule has 1 amide bonds. The first kappa shape index (κ1) is 16.0. The number of nitrogens with zero attached hydrogens (tertiary/aromatic N) is 2. The van der Waals surface area contributed by atoms with Gasteiger partial charge in [0.15, 0.2) is 0 Å². The van der Waals surface area contributed by atoms with Gasteiger partial charge in [-0.05, 0) is 38.6 Å². The van der Waals surface area contributed by atoms with Crippen LogP contribution in [-0.4, -0.2) is 66.5 Å². The number of aryl methyl sites for hydroxylation is 1. The molecule has 1 fully saturated rings. The summed E-state index contributed by atoms with van der Waals surface area (Å²) < 4.78 is 0. The summed E-state index contributed by atoms with van der Waals surface area (Å²) in [5.41, 5.74) is 2.84. The predicted octanol–water partition coefficient (Wildman–Crippen LogP) is 1.84. The lowest BCUT2D eigenvalue weighted by Gasteiger charge is -2.36. The van der Waals surface area contributed by atoms with Gasteiger partial charge in [0.2, 0.25) is 0 Å². The number of benzene rings is 1. The Kier molecular flexibility index (Phi) is 4.68. The molecule has 3 rings (SSSR count). The molecule has 1 saturated heterocycles. The molecule has 1 aliphatic heterocycles. The minimum Gasteiger partial charge on any atom is -0.351 e. The minimum atomic E-state index is -0.0279. The molecule has 5 heteroatoms. The predicted molar refractivity (Wildman–Crippen MR) is 93.9 cm³/mol. The Morgan fingerprint density at radius 3 is 2.74 bits per heavy atom. The van der Waals surface area contributed by atoms with Crippen molar-refractivity contribution in [1.82, 2.24) is 20.1 Å². The van der Waals surface area contributed by atoms with E-state index in [-0.39, 0.29) is 5.91 Å². The smallest absolute Gasteiger partial charge is 0.267 e. The molecular weight excluding hydrogens is 288 g/mol. The van der Waals surface area contributed by atoms with Gasteiger partial charge in [0.25, 0.3) is 5.91 Å². The Bertz CT molecular complexity index is 685. The highest BCUT2D eigenvalue weighted by Gasteiger charge is 2.20. The van der Waals surface area contributed by atoms with E-state index < -0.39 is 0 Å². The average Bonchev–Trinajstić information content (AvgIpc) is 2.96. The van der Waals surface area contributed by atoms with E-state index in [1.165, 1.54) is 5.56 Å². The summed E-state index contributed by atoms with van der Waals surface area (Å²) in [5, 5.41) is 4.13. The second kappa shape index (κ2) is 6.72. The number of likely N-dealkylation sites (N-methyl/N-ethyl adjacent to an activating group) is 1. The van der Waals surface area contributed by atoms with Gasteiger partial charge in [-0.25, -0.2) is 0 Å². The van der Waals surface area contributed by atoms with E-state index in [1.54, 1.807) is 0 Å². The Balaban J connectivity index is 1.57. The first-order valence-corrected chi connectivity index (χ1v) is 8.33. The molecule has 5 nitrogen and oxygen atoms in total. The van der Waals surface area contributed by atoms with Crippen LogP contribution in [0.3, 0.4) is 0 Å². The number of carbonyl (C=O) groups is 1. The normalized spacial score (nSPS) is 18.2. The van der Waals surface area contributed by atoms with Crippen molar-refractivity contribution in [2.45, 2.75) is 19.9 Å². The van der Waals surface area contributed by atoms with Gasteiger partial charge in [-0.3, -0.25) is 9.69 Å². The molecule has 124 valence electrons. The number of fused-ring (bicyclic) bond motifs is 1. The van der Waals surface area contributed by atoms with E-state index in [0.717, 1.165) is 37.1 Å². The van der Waals surface area contributed by atoms with Crippen molar-refractivity contribution in [3.05, 3.63) is 35.5 Å². The lowest BCUT2D eigenvalue weighted by atomic mass is 10.2. The van der Waals surface area contributed by atoms with Crippen LogP contribution in [0.25, 0.3) is 10.9 Å². The molecule has 0 saturated carbocycles. The van der Waals surface area contributed by atoms with Crippen LogP contribution in [0.15, 0.2) is 24.3 Å². The number of rotatable bonds is 4. The Hall–Kier alpha value is -1.85. The van der Waals surface area contributed by atoms with E-state index in [9.17, 15) is 4.79 Å². The number of amides is 1. The molecule has 0 radical (unpaired) electrons. The number of carbonyl (C=O) groups excluding carboxylic acids is 1. The molecule has 2 N–H and O–H groups in total. The number of aromatic amines is 1. The van der Waals surface area contributed by atoms with Crippen LogP contribution in [0.1, 0.15) is 23.0 Å². The van der Waals surface area contributed by atoms with E-state index >= 15 is 0 Å². The lowest BCUT2D eigenvalue weighted by Crippen LogP contribution is -2.51. The molecule has 0 bridgehead atoms. The SMILES string of the molecule is Cc1ccc2cc(C(=O)NC[C@H](C)N3CCN(C)CC3)[nH]c2c1. The number of aromatic nitrogens is 1. The minimum absolute atomic E-state index is 0.0279. The Morgan fingerprint density at radius 2 is 2.00 bits per heavy atom. The standard InChI is InChI=1S/C18H26N4O/c1-13-4-5-15-11-17(20-16(15)10-13)18(23)19-12-14(2)22-8-6-21(3)7-9-22/h4-5,10-11,14,20H,6-9,12H2,1-3H3,(H,19,23)/t14-/m0/s1. The van der Waals surface area contributed by atoms with E-state index in [4.69, 9.17) is 0 Å². The van der Waals surface area contributed by atoms with Gasteiger partial charge in [0, 0.05) is 49.7 Å². The summed E-state index contributed by atoms with van der Waals surface area (Å²) in [6.45, 7) is 9.24. The van der Waals surface area contributed by atoms with Crippen molar-refractivity contribution in [2.75, 3.05) is 39.8 Å². The third-order valence-corrected chi connectivity index (χ3v) is 4.74. The molecule has 1 aromatic carbocycles. The monoisotopic (exact) mass is 314 g/mol. The van der Waals surface area contributed by atoms with Crippen LogP contribution in [0.2, 0.25) is 0 Å². The summed E-state index contributed by atoms with van der Waals surface area (Å²) in [6, 6.07) is 8.46. The maximum atomic E-state index is 12.4. The van der Waals surface area contributed by atoms with Crippen molar-refractivity contribution in [2.24, 2.45) is 0 Å². The molecule has 1 aliphatic rings. The molecule has 2 heterocycles. The molecular formula is C18H26N4O. The van der Waals surface area contributed by atoms with E-state index in [0.29, 0.717) is 18.3 Å². The summed E-state index contributed by atoms with van der Waals surface area (Å²) in [5.74, 6) is -0.0279. The topological polar surface area (TPSA) is 51.4 Å². The molecule has 2 aromatic rings. The highest BCUT2D eigenvalue weighted by Crippen LogP contribution is 2.16. The van der Waals surface area contributed by atoms with Crippen molar-refractivity contribution >= 4 is 16.8 Å². The number of hydrogen-bond donors (Lipinski definition) is 2. The Morgan fingerprint density at radius 1 is 1.26 bits per heavy atom. The number of H-pyrrole nitrogens is 1. The lowest BCUT2D eigenvalue weighted by molar-refractivity contribution is 0.0900. The summed E-state index contributed by atoms with van der Waals surface area (Å²) in [6.07, 6.45) is 0. The van der Waals surface area contributed by atoms with Gasteiger partial charge >= 0.3 is 0 Å². The third kappa shape index (κ3) is 3.74. The maximum Gasteiger partial charge on any atom is 0.267 e. The largest absolute Gasteiger partial charge is 0.351 e. The highest BCUT2D eigenvalue weighted by atomic mass is 16.1. The fraction of sp³-hybridized carbons (Fsp3) is 0.500. The van der Waals surface area contributed by atoms with Crippen LogP contribution in [-0.2, 0) is 0 Å². The summed E-state index contributed by atoms with van der Waals surface area (Å²) in [4.78, 5) is 20.4. The van der Waals surface area contributed by atoms with Crippen LogP contribution in [0.4, 0.5) is 0 Å². The quantitative estimate of drug-likeness (QED) is 0.905. The average molecular weight is 314 g/mol. The van der Waals surface area contributed by atoms with Crippen LogP contribution < -0.4 is 5.32 Å². The molecule has 1 atom stereocenters. The molecule has 23 heavy (non-hydrogen) atoms. The van der Waals surface area contributed by atoms with Crippen LogP contribution in [0.5, 0.6) is 0 Å². The number of piperazine rings is 1. The zero-order chi connectivity index (χ0) is 16.4. The van der Waals surface area contributed by atoms with E-state index in [2.05, 4.69) is 53.1 Å². The fourth-order valence-electron chi connectivity index (χ4n) is 3.09. The van der Waals surface area contributed by atoms with Crippen molar-refractivity contribution in [1.29, 1.82) is 0 Å². The van der Waals surface area contributed by atoms with Gasteiger partial charge in [-0.2, -0.15) is 0 Å². The van der Waals surface area contributed by atoms with Crippen LogP contribution in [0, 0.1) is 6.92 Å². The summed E-state index contributed by atoms with van der Waals surface area (Å²) >= 11 is 0. The summed E-state index contributed by atoms with van der Waals surface area (Å²) in [7, 11) is 2.15. The van der Waals surface area contributed by atoms with Crippen molar-refractivity contribution in [3.63, 3.8) is 0 Å². The zero-order valence-electron chi connectivity index (χ0n) is 14.2. The molecule has 0 aliphatic carbocycles. The third-order valence-electron chi connectivity index (χ3n) is 4.74. The van der Waals surface area contributed by atoms with Crippen LogP contribution >= 0.6 is 0 Å². The maximum absolute atomic E-state index is 12.4. The second-order valence-electron chi connectivity index (χ2n) is 6.67. The van der Waals surface area contributed by atoms with Gasteiger partial charge in [0.05, 0.1) is 0 Å². The first-order valence-electron chi connectivity index (χ1n) is 8.33. The van der Waals surface area contributed by atoms with Gasteiger partial charge in [0.1, 0.15) is 5.69 Å². The van der Waals surface area contributed by atoms with Crippen molar-refractivity contribution < 1.29 is 4.79 Å². The Labute approximate surface area is 137 Å². The highest BCUT2D eigenvalue weighted by molar-refractivity contribution is 5.98. The first-order chi connectivity index (χ1) is 11.0. The molecule has 0 spiro atoms. The molecule has 1 aromatic heterocycles. The van der Waals surface area contributed by atoms with Gasteiger partial charge in [-0.15, -0.1) is 0 Å². The fourth-order valence-corrected chi connectivity index (χ4v) is 3.09. The second-order valence-corrected chi connectivity index (χ2v) is 6.67.